The molecule has 5 aromatic rings. The molecule has 5 heterocycles. The van der Waals surface area contributed by atoms with E-state index in [1.54, 1.807) is 65.7 Å². The number of primary amides is 1. The third kappa shape index (κ3) is 37.9. The number of benzene rings is 4. The zero-order valence-electron chi connectivity index (χ0n) is 90.4. The van der Waals surface area contributed by atoms with Crippen molar-refractivity contribution in [2.75, 3.05) is 147 Å². The number of nitrogens with zero attached hydrogens (tertiary/aromatic N) is 4. The first-order valence-electron chi connectivity index (χ1n) is 56.1. The van der Waals surface area contributed by atoms with E-state index in [-0.39, 0.29) is 89.2 Å². The number of likely N-dealkylation sites (N-methyl/N-ethyl adjacent to an activating group) is 3. The Labute approximate surface area is 880 Å². The van der Waals surface area contributed by atoms with Crippen LogP contribution in [0.15, 0.2) is 90.3 Å². The maximum absolute atomic E-state index is 15.1. The molecule has 29 nitrogen and oxygen atoms in total. The van der Waals surface area contributed by atoms with Crippen LogP contribution in [0.3, 0.4) is 0 Å². The van der Waals surface area contributed by atoms with Crippen LogP contribution >= 0.6 is 11.3 Å². The van der Waals surface area contributed by atoms with Gasteiger partial charge in [-0.2, -0.15) is 0 Å². The van der Waals surface area contributed by atoms with Crippen LogP contribution in [-0.2, 0) is 46.2 Å². The molecule has 1 aromatic heterocycles. The molecule has 12 atom stereocenters. The Morgan fingerprint density at radius 1 is 0.449 bits per heavy atom. The number of hydrogen-bond acceptors (Lipinski definition) is 19. The second-order valence-corrected chi connectivity index (χ2v) is 45.0. The fourth-order valence-electron chi connectivity index (χ4n) is 24.6. The van der Waals surface area contributed by atoms with E-state index in [0.29, 0.717) is 177 Å². The van der Waals surface area contributed by atoms with Gasteiger partial charge in [-0.15, -0.1) is 11.3 Å². The standard InChI is InChI=1S/2C29H47FN4O3.C29H48N4O4.C28H43N3O4S/c1-21-12-13-27(30)26(17-21)29(37,14-8-15-32-22(2)35)24-11-7-16-34(20-24)28(36)33-25(19-31-3)18-23-9-5-4-6-10-23;1-21-15-25(18-26(30)16-21)29(37,12-8-13-32-22(2)35)24-11-7-14-34(20-24)28(36)33-27(19-31-3)17-23-9-5-4-6-10-23;1-31-20-26(18-22-10-4-3-5-11-22)32-28(35)33-16-9-14-25(21-33)29(36,15-6-7-17-37-2)24-13-8-12-23(19-24)27(30)34;1-34-15-6-5-13-28(33,24-11-7-10-22-12-17-36-26(22)24)25-20-31(14-16-35-25)27(32)30-19-23(29)18-21-8-3-2-4-9-21/h12-13,17,23-25,31,37H,4-11,14-16,18-20H2,1-3H3,(H,32,35)(H,33,36);15-16,18,23-24,27,31,37H,4-14,17,19-20H2,1-3H3,(H,32,35)(H,33,36);8,12-13,19,22,25-26,31,36H,3-7,9-11,14-18,20-21H2,1-2H3,(H2,30,34)(H,32,35);7,10-12,17,21,23,25,33H,2-6,8-9,13-16,18-20,29H2,1H3,(H,30,32)/t24-,25+,29+;24-,27+,29+;25-,26+,29-;23-,25+,28+/m1110/s1. The van der Waals surface area contributed by atoms with Crippen LogP contribution in [0.1, 0.15) is 314 Å². The number of carbonyl (C=O) groups excluding carboxylic acids is 7. The number of morpholine rings is 1. The Hall–Kier alpha value is -8.25. The van der Waals surface area contributed by atoms with Gasteiger partial charge in [0.25, 0.3) is 0 Å². The lowest BCUT2D eigenvalue weighted by atomic mass is 9.73. The second-order valence-electron chi connectivity index (χ2n) is 44.0. The molecule has 13 rings (SSSR count). The van der Waals surface area contributed by atoms with E-state index >= 15 is 4.39 Å². The molecule has 0 bridgehead atoms. The molecule has 4 aliphatic carbocycles. The Morgan fingerprint density at radius 3 is 1.35 bits per heavy atom. The lowest BCUT2D eigenvalue weighted by Gasteiger charge is -2.43. The summed E-state index contributed by atoms with van der Waals surface area (Å²) in [5.41, 5.74) is 11.2. The second kappa shape index (κ2) is 62.7. The fraction of sp³-hybridized carbons (Fsp3) is 0.713. The van der Waals surface area contributed by atoms with Gasteiger partial charge in [0.1, 0.15) is 23.3 Å². The molecule has 0 unspecified atom stereocenters. The van der Waals surface area contributed by atoms with Crippen LogP contribution in [0.25, 0.3) is 10.1 Å². The minimum atomic E-state index is -1.43. The predicted molar refractivity (Wildman–Crippen MR) is 581 cm³/mol. The van der Waals surface area contributed by atoms with E-state index in [0.717, 1.165) is 130 Å². The number of nitrogens with two attached hydrogens (primary N) is 2. The molecule has 8 fully saturated rings. The first kappa shape index (κ1) is 121. The van der Waals surface area contributed by atoms with Crippen molar-refractivity contribution < 1.29 is 77.0 Å². The van der Waals surface area contributed by atoms with Crippen LogP contribution in [0.4, 0.5) is 28.0 Å². The van der Waals surface area contributed by atoms with E-state index in [4.69, 9.17) is 25.7 Å². The number of amides is 11. The van der Waals surface area contributed by atoms with Crippen molar-refractivity contribution in [3.63, 3.8) is 0 Å². The van der Waals surface area contributed by atoms with E-state index in [9.17, 15) is 58.4 Å². The van der Waals surface area contributed by atoms with Gasteiger partial charge in [0.15, 0.2) is 0 Å². The van der Waals surface area contributed by atoms with Gasteiger partial charge >= 0.3 is 24.1 Å². The van der Waals surface area contributed by atoms with Crippen molar-refractivity contribution in [2.45, 2.75) is 337 Å². The number of aliphatic hydroxyl groups is 4. The Kier molecular flexibility index (Phi) is 51.4. The smallest absolute Gasteiger partial charge is 0.317 e. The van der Waals surface area contributed by atoms with Gasteiger partial charge in [-0.05, 0) is 251 Å². The number of rotatable bonds is 46. The van der Waals surface area contributed by atoms with E-state index in [2.05, 4.69) is 65.4 Å². The minimum Gasteiger partial charge on any atom is -0.385 e. The van der Waals surface area contributed by atoms with E-state index < -0.39 is 40.2 Å². The average Bonchev–Trinajstić information content (AvgIpc) is 1.71. The summed E-state index contributed by atoms with van der Waals surface area (Å²) in [6.45, 7) is 15.9. The maximum atomic E-state index is 15.1. The molecule has 17 N–H and O–H groups in total. The lowest BCUT2D eigenvalue weighted by Crippen LogP contribution is -2.57. The van der Waals surface area contributed by atoms with Crippen molar-refractivity contribution in [3.05, 3.63) is 141 Å². The fourth-order valence-corrected chi connectivity index (χ4v) is 25.6. The Morgan fingerprint density at radius 2 is 0.891 bits per heavy atom. The molecule has 4 aliphatic heterocycles. The summed E-state index contributed by atoms with van der Waals surface area (Å²) in [6.07, 6.45) is 39.6. The van der Waals surface area contributed by atoms with Crippen LogP contribution in [0.2, 0.25) is 0 Å². The summed E-state index contributed by atoms with van der Waals surface area (Å²) < 4.78 is 47.1. The number of unbranched alkanes of at least 4 members (excludes halogenated alkanes) is 2. The van der Waals surface area contributed by atoms with Gasteiger partial charge in [-0.25, -0.2) is 28.0 Å². The minimum absolute atomic E-state index is 0.0250. The zero-order valence-corrected chi connectivity index (χ0v) is 91.2. The van der Waals surface area contributed by atoms with Gasteiger partial charge in [-0.1, -0.05) is 183 Å². The van der Waals surface area contributed by atoms with Crippen LogP contribution in [0, 0.1) is 66.9 Å². The van der Waals surface area contributed by atoms with Gasteiger partial charge in [0.05, 0.1) is 30.0 Å². The lowest BCUT2D eigenvalue weighted by molar-refractivity contribution is -0.145. The van der Waals surface area contributed by atoms with Gasteiger partial charge in [0.2, 0.25) is 17.7 Å². The molecule has 0 radical (unpaired) electrons. The summed E-state index contributed by atoms with van der Waals surface area (Å²) in [5, 5.41) is 79.7. The first-order chi connectivity index (χ1) is 70.8. The summed E-state index contributed by atoms with van der Waals surface area (Å²) in [5.74, 6) is 0.432. The third-order valence-corrected chi connectivity index (χ3v) is 33.5. The van der Waals surface area contributed by atoms with Crippen molar-refractivity contribution >= 4 is 63.3 Å². The summed E-state index contributed by atoms with van der Waals surface area (Å²) in [7, 11) is 9.13. The first-order valence-corrected chi connectivity index (χ1v) is 57.0. The van der Waals surface area contributed by atoms with Crippen molar-refractivity contribution in [1.29, 1.82) is 0 Å². The van der Waals surface area contributed by atoms with E-state index in [1.807, 2.05) is 69.1 Å². The zero-order chi connectivity index (χ0) is 106. The van der Waals surface area contributed by atoms with Crippen LogP contribution < -0.4 is 59.3 Å². The molecule has 4 aromatic carbocycles. The molecule has 0 spiro atoms. The average molecular weight is 2070 g/mol. The molecular weight excluding hydrogens is 1890 g/mol. The number of methoxy groups -OCH3 is 2. The Balaban J connectivity index is 0.000000201. The number of halogens is 2. The summed E-state index contributed by atoms with van der Waals surface area (Å²) in [6, 6.07) is 24.5. The summed E-state index contributed by atoms with van der Waals surface area (Å²) >= 11 is 1.63. The van der Waals surface area contributed by atoms with Crippen LogP contribution in [0.5, 0.6) is 0 Å². The number of carbonyl (C=O) groups is 7. The quantitative estimate of drug-likeness (QED) is 0.0161. The topological polar surface area (TPSA) is 401 Å². The normalized spacial score (nSPS) is 21.4. The van der Waals surface area contributed by atoms with Gasteiger partial charge in [-0.3, -0.25) is 14.4 Å². The number of likely N-dealkylation sites (tertiary alicyclic amines) is 3. The highest BCUT2D eigenvalue weighted by Crippen LogP contribution is 2.47. The molecule has 4 saturated heterocycles. The molecule has 147 heavy (non-hydrogen) atoms. The number of fused-ring (bicyclic) bond motifs is 1. The number of nitrogens with one attached hydrogen (secondary N) is 9. The predicted octanol–water partition coefficient (Wildman–Crippen LogP) is 16.8. The molecule has 8 aliphatic rings. The van der Waals surface area contributed by atoms with E-state index in [1.165, 1.54) is 160 Å². The SMILES string of the molecule is CNC[C@H](CC1CCCCC1)NC(=O)N1CCC[C@@H]([C@@](O)(CCCCOC)c2cccc(C(N)=O)c2)C1.CNC[C@H](CC1CCCCC1)NC(=O)N1CCC[C@@H]([C@@](O)(CCCNC(C)=O)c2cc(C)cc(F)c2)C1.CNC[C@H](CC1CCCCC1)NC(=O)N1CCC[C@@H]([C@@](O)(CCCNC(C)=O)c2cc(C)ccc2F)C1.COCCCC[C@@](O)(c1cccc2ccsc12)[C@H]1CN(C(=O)NC[C@@H](N)CC2CCCCC2)CCO1. The highest BCUT2D eigenvalue weighted by Gasteiger charge is 2.48. The van der Waals surface area contributed by atoms with Crippen molar-refractivity contribution in [2.24, 2.45) is 52.9 Å². The summed E-state index contributed by atoms with van der Waals surface area (Å²) in [4.78, 5) is 95.0. The monoisotopic (exact) mass is 2070 g/mol. The number of ether oxygens (including phenoxy) is 3. The number of aryl methyl sites for hydroxylation is 2. The maximum Gasteiger partial charge on any atom is 0.317 e. The number of hydrogen-bond donors (Lipinski definition) is 15. The molecular formula is C115H185F2N15O14S. The number of urea groups is 4. The number of thiophene rings is 1. The number of piperidine rings is 3. The molecule has 32 heteroatoms. The largest absolute Gasteiger partial charge is 0.385 e. The van der Waals surface area contributed by atoms with Crippen LogP contribution in [-0.4, -0.2) is 259 Å². The molecule has 824 valence electrons. The highest BCUT2D eigenvalue weighted by atomic mass is 32.1. The third-order valence-electron chi connectivity index (χ3n) is 32.5. The highest BCUT2D eigenvalue weighted by molar-refractivity contribution is 7.17. The van der Waals surface area contributed by atoms with Crippen molar-refractivity contribution in [3.8, 4) is 0 Å². The Bertz CT molecular complexity index is 4750. The van der Waals surface area contributed by atoms with Gasteiger partial charge in [0, 0.05) is 190 Å². The van der Waals surface area contributed by atoms with Gasteiger partial charge < -0.3 is 114 Å². The van der Waals surface area contributed by atoms with Crippen molar-refractivity contribution in [1.82, 2.24) is 67.5 Å². The molecule has 4 saturated carbocycles. The molecule has 11 amide bonds.